The highest BCUT2D eigenvalue weighted by molar-refractivity contribution is 5.95. The molecule has 0 aliphatic carbocycles. The van der Waals surface area contributed by atoms with Crippen molar-refractivity contribution >= 4 is 29.2 Å². The second-order valence-corrected chi connectivity index (χ2v) is 6.93. The molecule has 0 radical (unpaired) electrons. The van der Waals surface area contributed by atoms with Crippen molar-refractivity contribution in [3.05, 3.63) is 90.0 Å². The van der Waals surface area contributed by atoms with E-state index in [1.807, 2.05) is 0 Å². The van der Waals surface area contributed by atoms with Crippen LogP contribution in [0, 0.1) is 0 Å². The summed E-state index contributed by atoms with van der Waals surface area (Å²) in [5, 5.41) is 4.91. The summed E-state index contributed by atoms with van der Waals surface area (Å²) in [5.74, 6) is -1.63. The molecule has 3 aromatic carbocycles. The molecule has 0 heterocycles. The monoisotopic (exact) mass is 472 g/mol. The van der Waals surface area contributed by atoms with Gasteiger partial charge in [-0.15, -0.1) is 0 Å². The molecule has 3 aromatic rings. The summed E-state index contributed by atoms with van der Waals surface area (Å²) < 4.78 is 48.5. The third-order valence-electron chi connectivity index (χ3n) is 4.33. The van der Waals surface area contributed by atoms with Gasteiger partial charge in [-0.25, -0.2) is 4.79 Å². The Morgan fingerprint density at radius 2 is 1.35 bits per heavy atom. The lowest BCUT2D eigenvalue weighted by molar-refractivity contribution is -0.137. The van der Waals surface area contributed by atoms with Gasteiger partial charge in [-0.3, -0.25) is 9.59 Å². The van der Waals surface area contributed by atoms with E-state index in [0.29, 0.717) is 5.69 Å². The van der Waals surface area contributed by atoms with Crippen LogP contribution in [0.25, 0.3) is 0 Å². The maximum absolute atomic E-state index is 12.8. The van der Waals surface area contributed by atoms with Gasteiger partial charge in [-0.1, -0.05) is 24.3 Å². The average Bonchev–Trinajstić information content (AvgIpc) is 2.82. The number of rotatable bonds is 8. The number of esters is 1. The molecule has 0 aromatic heterocycles. The van der Waals surface area contributed by atoms with Gasteiger partial charge >= 0.3 is 12.1 Å². The summed E-state index contributed by atoms with van der Waals surface area (Å²) in [6, 6.07) is 18.5. The van der Waals surface area contributed by atoms with Gasteiger partial charge < -0.3 is 20.1 Å². The van der Waals surface area contributed by atoms with E-state index in [4.69, 9.17) is 9.47 Å². The fourth-order valence-electron chi connectivity index (χ4n) is 2.74. The largest absolute Gasteiger partial charge is 0.484 e. The molecule has 2 N–H and O–H groups in total. The van der Waals surface area contributed by atoms with Crippen molar-refractivity contribution in [2.45, 2.75) is 6.18 Å². The van der Waals surface area contributed by atoms with E-state index in [9.17, 15) is 27.6 Å². The topological polar surface area (TPSA) is 93.7 Å². The van der Waals surface area contributed by atoms with Crippen molar-refractivity contribution in [2.75, 3.05) is 23.8 Å². The third-order valence-corrected chi connectivity index (χ3v) is 4.33. The van der Waals surface area contributed by atoms with Gasteiger partial charge in [0.2, 0.25) is 0 Å². The Hall–Kier alpha value is -4.34. The summed E-state index contributed by atoms with van der Waals surface area (Å²) in [6.07, 6.45) is -4.52. The Labute approximate surface area is 192 Å². The first-order valence-corrected chi connectivity index (χ1v) is 9.93. The molecule has 0 fully saturated rings. The smallest absolute Gasteiger partial charge is 0.416 e. The van der Waals surface area contributed by atoms with Crippen molar-refractivity contribution in [1.82, 2.24) is 0 Å². The second-order valence-electron chi connectivity index (χ2n) is 6.93. The SMILES string of the molecule is O=C(COC(=O)c1ccc(OCC(=O)Nc2cccc(C(F)(F)F)c2)cc1)Nc1ccccc1. The fraction of sp³-hybridized carbons (Fsp3) is 0.125. The number of carbonyl (C=O) groups excluding carboxylic acids is 3. The number of carbonyl (C=O) groups is 3. The highest BCUT2D eigenvalue weighted by Crippen LogP contribution is 2.30. The Balaban J connectivity index is 1.44. The van der Waals surface area contributed by atoms with Crippen molar-refractivity contribution < 1.29 is 37.0 Å². The van der Waals surface area contributed by atoms with Gasteiger partial charge in [0.15, 0.2) is 13.2 Å². The molecular formula is C24H19F3N2O5. The number of amides is 2. The number of para-hydroxylation sites is 1. The molecule has 3 rings (SSSR count). The maximum atomic E-state index is 12.8. The Morgan fingerprint density at radius 1 is 0.735 bits per heavy atom. The molecule has 176 valence electrons. The number of hydrogen-bond donors (Lipinski definition) is 2. The number of halogens is 3. The van der Waals surface area contributed by atoms with Crippen LogP contribution >= 0.6 is 0 Å². The zero-order valence-corrected chi connectivity index (χ0v) is 17.6. The summed E-state index contributed by atoms with van der Waals surface area (Å²) in [4.78, 5) is 35.9. The number of ether oxygens (including phenoxy) is 2. The van der Waals surface area contributed by atoms with E-state index < -0.39 is 42.7 Å². The lowest BCUT2D eigenvalue weighted by atomic mass is 10.2. The minimum Gasteiger partial charge on any atom is -0.484 e. The molecular weight excluding hydrogens is 453 g/mol. The number of alkyl halides is 3. The van der Waals surface area contributed by atoms with Crippen molar-refractivity contribution in [1.29, 1.82) is 0 Å². The minimum absolute atomic E-state index is 0.0159. The standard InChI is InChI=1S/C24H19F3N2O5/c25-24(26,27)17-5-4-8-19(13-17)29-21(30)14-33-20-11-9-16(10-12-20)23(32)34-15-22(31)28-18-6-2-1-3-7-18/h1-13H,14-15H2,(H,28,31)(H,29,30). The minimum atomic E-state index is -4.52. The van der Waals surface area contributed by atoms with Gasteiger partial charge in [0.1, 0.15) is 5.75 Å². The molecule has 0 saturated carbocycles. The molecule has 0 aliphatic heterocycles. The highest BCUT2D eigenvalue weighted by Gasteiger charge is 2.30. The molecule has 0 spiro atoms. The molecule has 0 aliphatic rings. The van der Waals surface area contributed by atoms with E-state index in [-0.39, 0.29) is 17.0 Å². The number of nitrogens with one attached hydrogen (secondary N) is 2. The molecule has 10 heteroatoms. The van der Waals surface area contributed by atoms with E-state index in [0.717, 1.165) is 12.1 Å². The predicted octanol–water partition coefficient (Wildman–Crippen LogP) is 4.52. The molecule has 34 heavy (non-hydrogen) atoms. The zero-order valence-electron chi connectivity index (χ0n) is 17.6. The molecule has 0 bridgehead atoms. The average molecular weight is 472 g/mol. The van der Waals surface area contributed by atoms with Gasteiger partial charge in [-0.2, -0.15) is 13.2 Å². The van der Waals surface area contributed by atoms with E-state index in [1.54, 1.807) is 30.3 Å². The van der Waals surface area contributed by atoms with Crippen LogP contribution in [0.4, 0.5) is 24.5 Å². The van der Waals surface area contributed by atoms with Crippen LogP contribution in [0.3, 0.4) is 0 Å². The normalized spacial score (nSPS) is 10.8. The van der Waals surface area contributed by atoms with Crippen molar-refractivity contribution in [3.63, 3.8) is 0 Å². The molecule has 0 atom stereocenters. The van der Waals surface area contributed by atoms with Crippen LogP contribution in [0.15, 0.2) is 78.9 Å². The fourth-order valence-corrected chi connectivity index (χ4v) is 2.74. The molecule has 2 amide bonds. The van der Waals surface area contributed by atoms with Gasteiger partial charge in [-0.05, 0) is 54.6 Å². The van der Waals surface area contributed by atoms with Gasteiger partial charge in [0.25, 0.3) is 11.8 Å². The van der Waals surface area contributed by atoms with Crippen LogP contribution < -0.4 is 15.4 Å². The summed E-state index contributed by atoms with van der Waals surface area (Å²) in [5.41, 5.74) is -0.167. The maximum Gasteiger partial charge on any atom is 0.416 e. The predicted molar refractivity (Wildman–Crippen MR) is 117 cm³/mol. The Bertz CT molecular complexity index is 1150. The number of anilines is 2. The summed E-state index contributed by atoms with van der Waals surface area (Å²) in [7, 11) is 0. The Kier molecular flexibility index (Phi) is 7.86. The van der Waals surface area contributed by atoms with Gasteiger partial charge in [0, 0.05) is 11.4 Å². The van der Waals surface area contributed by atoms with Crippen LogP contribution in [-0.4, -0.2) is 31.0 Å². The molecule has 0 unspecified atom stereocenters. The first kappa shape index (κ1) is 24.3. The highest BCUT2D eigenvalue weighted by atomic mass is 19.4. The van der Waals surface area contributed by atoms with E-state index in [1.165, 1.54) is 36.4 Å². The van der Waals surface area contributed by atoms with E-state index >= 15 is 0 Å². The lowest BCUT2D eigenvalue weighted by Gasteiger charge is -2.11. The first-order valence-electron chi connectivity index (χ1n) is 9.93. The number of hydrogen-bond acceptors (Lipinski definition) is 5. The number of benzene rings is 3. The second kappa shape index (κ2) is 11.0. The Morgan fingerprint density at radius 3 is 2.03 bits per heavy atom. The van der Waals surface area contributed by atoms with Gasteiger partial charge in [0.05, 0.1) is 11.1 Å². The third kappa shape index (κ3) is 7.37. The van der Waals surface area contributed by atoms with E-state index in [2.05, 4.69) is 10.6 Å². The van der Waals surface area contributed by atoms with Crippen molar-refractivity contribution in [2.24, 2.45) is 0 Å². The quantitative estimate of drug-likeness (QED) is 0.471. The molecule has 7 nitrogen and oxygen atoms in total. The lowest BCUT2D eigenvalue weighted by Crippen LogP contribution is -2.21. The van der Waals surface area contributed by atoms with Crippen LogP contribution in [-0.2, 0) is 20.5 Å². The van der Waals surface area contributed by atoms with Crippen molar-refractivity contribution in [3.8, 4) is 5.75 Å². The first-order chi connectivity index (χ1) is 16.2. The zero-order chi connectivity index (χ0) is 24.6. The van der Waals surface area contributed by atoms with Crippen LogP contribution in [0.5, 0.6) is 5.75 Å². The summed E-state index contributed by atoms with van der Waals surface area (Å²) in [6.45, 7) is -0.929. The summed E-state index contributed by atoms with van der Waals surface area (Å²) >= 11 is 0. The van der Waals surface area contributed by atoms with Crippen LogP contribution in [0.2, 0.25) is 0 Å². The molecule has 0 saturated heterocycles. The van der Waals surface area contributed by atoms with Crippen LogP contribution in [0.1, 0.15) is 15.9 Å².